The van der Waals surface area contributed by atoms with E-state index >= 15 is 0 Å². The SMILES string of the molecule is Cc1nc(C)nc(-c2ccc3c4ccccc4n(-c4ccc(-c5ncc(C#N)cn5)cc4-c4ncc(C#N)cn4)c3c2)n1. The topological polar surface area (TPSA) is 143 Å². The van der Waals surface area contributed by atoms with Gasteiger partial charge in [0.15, 0.2) is 17.5 Å². The number of hydrogen-bond acceptors (Lipinski definition) is 9. The molecule has 0 spiro atoms. The second kappa shape index (κ2) is 10.2. The minimum absolute atomic E-state index is 0.362. The van der Waals surface area contributed by atoms with Gasteiger partial charge in [0.25, 0.3) is 0 Å². The number of nitriles is 2. The van der Waals surface area contributed by atoms with Crippen molar-refractivity contribution in [1.29, 1.82) is 10.5 Å². The number of benzene rings is 3. The number of fused-ring (bicyclic) bond motifs is 3. The second-order valence-electron chi connectivity index (χ2n) is 9.88. The van der Waals surface area contributed by atoms with Gasteiger partial charge in [0.05, 0.1) is 27.8 Å². The summed E-state index contributed by atoms with van der Waals surface area (Å²) in [5.74, 6) is 2.82. The van der Waals surface area contributed by atoms with Crippen LogP contribution in [0.25, 0.3) is 61.7 Å². The predicted octanol–water partition coefficient (Wildman–Crippen LogP) is 5.91. The molecule has 7 aromatic rings. The highest BCUT2D eigenvalue weighted by Gasteiger charge is 2.19. The van der Waals surface area contributed by atoms with Crippen LogP contribution in [0.4, 0.5) is 0 Å². The average molecular weight is 557 g/mol. The van der Waals surface area contributed by atoms with Gasteiger partial charge in [-0.05, 0) is 44.2 Å². The van der Waals surface area contributed by atoms with Gasteiger partial charge in [0.2, 0.25) is 0 Å². The van der Waals surface area contributed by atoms with E-state index in [1.54, 1.807) is 0 Å². The summed E-state index contributed by atoms with van der Waals surface area (Å²) in [5.41, 5.74) is 5.82. The second-order valence-corrected chi connectivity index (χ2v) is 9.88. The molecule has 4 heterocycles. The van der Waals surface area contributed by atoms with Crippen LogP contribution >= 0.6 is 0 Å². The highest BCUT2D eigenvalue weighted by atomic mass is 15.0. The standard InChI is InChI=1S/C33H20N10/c1-19-40-20(2)42-32(41-19)24-7-9-26-25-5-3-4-6-28(25)43(30(26)12-24)29-10-8-23(31-36-15-21(13-34)16-37-31)11-27(29)33-38-17-22(14-35)18-39-33/h3-12,15-18H,1-2H3. The molecule has 0 radical (unpaired) electrons. The van der Waals surface area contributed by atoms with Gasteiger partial charge in [0, 0.05) is 52.3 Å². The Kier molecular flexibility index (Phi) is 6.08. The third-order valence-electron chi connectivity index (χ3n) is 7.09. The van der Waals surface area contributed by atoms with Crippen molar-refractivity contribution in [2.24, 2.45) is 0 Å². The lowest BCUT2D eigenvalue weighted by molar-refractivity contribution is 0.928. The first-order chi connectivity index (χ1) is 21.0. The summed E-state index contributed by atoms with van der Waals surface area (Å²) in [4.78, 5) is 31.4. The van der Waals surface area contributed by atoms with Gasteiger partial charge in [-0.15, -0.1) is 0 Å². The fraction of sp³-hybridized carbons (Fsp3) is 0.0606. The largest absolute Gasteiger partial charge is 0.308 e. The Morgan fingerprint density at radius 2 is 1.16 bits per heavy atom. The van der Waals surface area contributed by atoms with Crippen LogP contribution in [0.2, 0.25) is 0 Å². The minimum Gasteiger partial charge on any atom is -0.308 e. The Morgan fingerprint density at radius 3 is 1.84 bits per heavy atom. The van der Waals surface area contributed by atoms with Gasteiger partial charge in [-0.3, -0.25) is 0 Å². The molecular weight excluding hydrogens is 536 g/mol. The van der Waals surface area contributed by atoms with Crippen LogP contribution in [0, 0.1) is 36.5 Å². The summed E-state index contributed by atoms with van der Waals surface area (Å²) in [6, 6.07) is 24.4. The predicted molar refractivity (Wildman–Crippen MR) is 161 cm³/mol. The van der Waals surface area contributed by atoms with Crippen molar-refractivity contribution in [2.45, 2.75) is 13.8 Å². The molecule has 43 heavy (non-hydrogen) atoms. The first-order valence-electron chi connectivity index (χ1n) is 13.3. The molecule has 7 rings (SSSR count). The van der Waals surface area contributed by atoms with E-state index in [4.69, 9.17) is 0 Å². The lowest BCUT2D eigenvalue weighted by Gasteiger charge is -2.15. The molecule has 0 saturated heterocycles. The lowest BCUT2D eigenvalue weighted by atomic mass is 10.1. The number of para-hydroxylation sites is 1. The zero-order chi connectivity index (χ0) is 29.5. The van der Waals surface area contributed by atoms with Gasteiger partial charge in [-0.2, -0.15) is 10.5 Å². The van der Waals surface area contributed by atoms with E-state index in [1.807, 2.05) is 50.2 Å². The van der Waals surface area contributed by atoms with E-state index in [0.717, 1.165) is 44.2 Å². The highest BCUT2D eigenvalue weighted by molar-refractivity contribution is 6.10. The van der Waals surface area contributed by atoms with Crippen LogP contribution in [0.1, 0.15) is 22.8 Å². The normalized spacial score (nSPS) is 11.0. The summed E-state index contributed by atoms with van der Waals surface area (Å²) >= 11 is 0. The Labute approximate surface area is 245 Å². The molecule has 0 aliphatic heterocycles. The van der Waals surface area contributed by atoms with Gasteiger partial charge in [0.1, 0.15) is 23.8 Å². The molecule has 0 atom stereocenters. The third kappa shape index (κ3) is 4.49. The molecule has 0 fully saturated rings. The number of hydrogen-bond donors (Lipinski definition) is 0. The van der Waals surface area contributed by atoms with Crippen molar-refractivity contribution in [2.75, 3.05) is 0 Å². The molecule has 0 N–H and O–H groups in total. The summed E-state index contributed by atoms with van der Waals surface area (Å²) in [7, 11) is 0. The molecule has 0 bridgehead atoms. The summed E-state index contributed by atoms with van der Waals surface area (Å²) in [6.45, 7) is 3.72. The molecule has 10 nitrogen and oxygen atoms in total. The molecule has 202 valence electrons. The highest BCUT2D eigenvalue weighted by Crippen LogP contribution is 2.38. The van der Waals surface area contributed by atoms with Crippen LogP contribution in [0.3, 0.4) is 0 Å². The maximum absolute atomic E-state index is 9.34. The zero-order valence-electron chi connectivity index (χ0n) is 23.1. The lowest BCUT2D eigenvalue weighted by Crippen LogP contribution is -2.02. The molecule has 4 aromatic heterocycles. The first kappa shape index (κ1) is 25.6. The van der Waals surface area contributed by atoms with Crippen LogP contribution < -0.4 is 0 Å². The van der Waals surface area contributed by atoms with Crippen LogP contribution in [-0.2, 0) is 0 Å². The smallest absolute Gasteiger partial charge is 0.163 e. The van der Waals surface area contributed by atoms with E-state index in [0.29, 0.717) is 40.2 Å². The van der Waals surface area contributed by atoms with Crippen LogP contribution in [0.5, 0.6) is 0 Å². The van der Waals surface area contributed by atoms with Crippen LogP contribution in [-0.4, -0.2) is 39.5 Å². The molecule has 10 heteroatoms. The monoisotopic (exact) mass is 556 g/mol. The molecule has 0 saturated carbocycles. The van der Waals surface area contributed by atoms with Crippen molar-refractivity contribution in [3.63, 3.8) is 0 Å². The number of nitrogens with zero attached hydrogens (tertiary/aromatic N) is 10. The van der Waals surface area contributed by atoms with E-state index in [2.05, 4.69) is 75.9 Å². The summed E-state index contributed by atoms with van der Waals surface area (Å²) in [5, 5.41) is 20.7. The molecule has 0 unspecified atom stereocenters. The van der Waals surface area contributed by atoms with E-state index in [9.17, 15) is 10.5 Å². The van der Waals surface area contributed by atoms with Gasteiger partial charge in [-0.1, -0.05) is 30.3 Å². The Bertz CT molecular complexity index is 2250. The Morgan fingerprint density at radius 1 is 0.581 bits per heavy atom. The van der Waals surface area contributed by atoms with Crippen molar-refractivity contribution in [3.05, 3.63) is 108 Å². The first-order valence-corrected chi connectivity index (χ1v) is 13.3. The van der Waals surface area contributed by atoms with Gasteiger partial charge < -0.3 is 4.57 Å². The maximum atomic E-state index is 9.34. The molecule has 0 aliphatic carbocycles. The van der Waals surface area contributed by atoms with E-state index in [-0.39, 0.29) is 0 Å². The number of aryl methyl sites for hydroxylation is 2. The number of rotatable bonds is 4. The molecule has 3 aromatic carbocycles. The molecular formula is C33H20N10. The number of aromatic nitrogens is 8. The van der Waals surface area contributed by atoms with Crippen molar-refractivity contribution in [3.8, 4) is 52.0 Å². The van der Waals surface area contributed by atoms with E-state index < -0.39 is 0 Å². The minimum atomic E-state index is 0.362. The van der Waals surface area contributed by atoms with Gasteiger partial charge >= 0.3 is 0 Å². The Balaban J connectivity index is 1.51. The maximum Gasteiger partial charge on any atom is 0.163 e. The van der Waals surface area contributed by atoms with Crippen molar-refractivity contribution >= 4 is 21.8 Å². The van der Waals surface area contributed by atoms with Crippen LogP contribution in [0.15, 0.2) is 85.5 Å². The Hall–Kier alpha value is -6.39. The molecule has 0 aliphatic rings. The van der Waals surface area contributed by atoms with Crippen molar-refractivity contribution < 1.29 is 0 Å². The van der Waals surface area contributed by atoms with E-state index in [1.165, 1.54) is 24.8 Å². The quantitative estimate of drug-likeness (QED) is 0.258. The van der Waals surface area contributed by atoms with Crippen molar-refractivity contribution in [1.82, 2.24) is 39.5 Å². The fourth-order valence-electron chi connectivity index (χ4n) is 5.22. The third-order valence-corrected chi connectivity index (χ3v) is 7.09. The summed E-state index contributed by atoms with van der Waals surface area (Å²) < 4.78 is 2.18. The average Bonchev–Trinajstić information content (AvgIpc) is 3.37. The van der Waals surface area contributed by atoms with Gasteiger partial charge in [-0.25, -0.2) is 34.9 Å². The fourth-order valence-corrected chi connectivity index (χ4v) is 5.22. The summed E-state index contributed by atoms with van der Waals surface area (Å²) in [6.07, 6.45) is 6.00. The molecule has 0 amide bonds. The zero-order valence-corrected chi connectivity index (χ0v) is 23.1.